The van der Waals surface area contributed by atoms with Gasteiger partial charge in [0.15, 0.2) is 0 Å². The summed E-state index contributed by atoms with van der Waals surface area (Å²) in [6.07, 6.45) is 8.44. The fraction of sp³-hybridized carbons (Fsp3) is 0.467. The van der Waals surface area contributed by atoms with Gasteiger partial charge in [0.1, 0.15) is 11.5 Å². The van der Waals surface area contributed by atoms with Gasteiger partial charge in [-0.1, -0.05) is 0 Å². The van der Waals surface area contributed by atoms with Crippen LogP contribution in [0.5, 0.6) is 0 Å². The number of piperidine rings is 1. The molecule has 0 radical (unpaired) electrons. The van der Waals surface area contributed by atoms with Crippen LogP contribution in [-0.2, 0) is 0 Å². The first kappa shape index (κ1) is 14.5. The largest absolute Gasteiger partial charge is 0.347 e. The van der Waals surface area contributed by atoms with Crippen LogP contribution in [0.25, 0.3) is 0 Å². The maximum absolute atomic E-state index is 12.0. The molecule has 116 valence electrons. The molecular weight excluding hydrogens is 280 g/mol. The third kappa shape index (κ3) is 2.79. The Kier molecular flexibility index (Phi) is 4.04. The minimum Gasteiger partial charge on any atom is -0.347 e. The van der Waals surface area contributed by atoms with Crippen LogP contribution < -0.4 is 4.90 Å². The molecule has 7 heteroatoms. The van der Waals surface area contributed by atoms with E-state index in [0.717, 1.165) is 37.3 Å². The van der Waals surface area contributed by atoms with E-state index in [9.17, 15) is 4.79 Å². The second-order valence-electron chi connectivity index (χ2n) is 5.68. The van der Waals surface area contributed by atoms with Gasteiger partial charge in [0.05, 0.1) is 17.9 Å². The Morgan fingerprint density at radius 1 is 1.36 bits per heavy atom. The van der Waals surface area contributed by atoms with Crippen molar-refractivity contribution in [2.24, 2.45) is 0 Å². The van der Waals surface area contributed by atoms with E-state index in [2.05, 4.69) is 25.1 Å². The van der Waals surface area contributed by atoms with Gasteiger partial charge in [0.25, 0.3) is 5.91 Å². The summed E-state index contributed by atoms with van der Waals surface area (Å²) >= 11 is 0. The van der Waals surface area contributed by atoms with Crippen LogP contribution in [0.3, 0.4) is 0 Å². The third-order valence-electron chi connectivity index (χ3n) is 3.93. The molecule has 3 rings (SSSR count). The molecule has 3 heterocycles. The van der Waals surface area contributed by atoms with Crippen molar-refractivity contribution in [1.29, 1.82) is 0 Å². The van der Waals surface area contributed by atoms with Gasteiger partial charge in [-0.25, -0.2) is 4.98 Å². The lowest BCUT2D eigenvalue weighted by Gasteiger charge is -2.35. The number of amides is 1. The first-order chi connectivity index (χ1) is 10.7. The highest BCUT2D eigenvalue weighted by atomic mass is 16.2. The Bertz CT molecular complexity index is 638. The topological polar surface area (TPSA) is 78.0 Å². The van der Waals surface area contributed by atoms with E-state index in [1.54, 1.807) is 32.7 Å². The van der Waals surface area contributed by atoms with Crippen molar-refractivity contribution in [2.75, 3.05) is 25.5 Å². The van der Waals surface area contributed by atoms with Crippen molar-refractivity contribution < 1.29 is 4.79 Å². The summed E-state index contributed by atoms with van der Waals surface area (Å²) < 4.78 is 0. The lowest BCUT2D eigenvalue weighted by Crippen LogP contribution is -2.34. The Morgan fingerprint density at radius 2 is 2.23 bits per heavy atom. The molecule has 7 nitrogen and oxygen atoms in total. The smallest absolute Gasteiger partial charge is 0.273 e. The van der Waals surface area contributed by atoms with Crippen LogP contribution in [0.1, 0.15) is 41.5 Å². The number of rotatable bonds is 3. The van der Waals surface area contributed by atoms with Crippen LogP contribution in [-0.4, -0.2) is 51.6 Å². The summed E-state index contributed by atoms with van der Waals surface area (Å²) in [5.41, 5.74) is 1.40. The SMILES string of the molecule is CN(C)C(=O)c1cc([C@@H]2CCCCN2c2cnccn2)[nH]n1. The predicted octanol–water partition coefficient (Wildman–Crippen LogP) is 1.63. The van der Waals surface area contributed by atoms with Gasteiger partial charge in [-0.3, -0.25) is 14.9 Å². The molecule has 0 bridgehead atoms. The molecule has 1 atom stereocenters. The predicted molar refractivity (Wildman–Crippen MR) is 82.6 cm³/mol. The fourth-order valence-electron chi connectivity index (χ4n) is 2.81. The van der Waals surface area contributed by atoms with E-state index in [1.165, 1.54) is 4.90 Å². The molecule has 0 aromatic carbocycles. The summed E-state index contributed by atoms with van der Waals surface area (Å²) in [6.45, 7) is 0.930. The van der Waals surface area contributed by atoms with E-state index in [4.69, 9.17) is 0 Å². The Balaban J connectivity index is 1.87. The molecule has 1 aliphatic heterocycles. The number of hydrogen-bond donors (Lipinski definition) is 1. The number of anilines is 1. The van der Waals surface area contributed by atoms with Gasteiger partial charge in [0.2, 0.25) is 0 Å². The maximum atomic E-state index is 12.0. The van der Waals surface area contributed by atoms with E-state index < -0.39 is 0 Å². The van der Waals surface area contributed by atoms with Crippen molar-refractivity contribution in [3.8, 4) is 0 Å². The Morgan fingerprint density at radius 3 is 2.95 bits per heavy atom. The van der Waals surface area contributed by atoms with Crippen molar-refractivity contribution in [2.45, 2.75) is 25.3 Å². The molecule has 1 N–H and O–H groups in total. The summed E-state index contributed by atoms with van der Waals surface area (Å²) in [5, 5.41) is 7.19. The highest BCUT2D eigenvalue weighted by Gasteiger charge is 2.27. The van der Waals surface area contributed by atoms with Gasteiger partial charge in [0, 0.05) is 33.0 Å². The molecule has 0 unspecified atom stereocenters. The van der Waals surface area contributed by atoms with Crippen LogP contribution >= 0.6 is 0 Å². The molecule has 0 saturated carbocycles. The Labute approximate surface area is 129 Å². The zero-order valence-electron chi connectivity index (χ0n) is 12.9. The highest BCUT2D eigenvalue weighted by Crippen LogP contribution is 2.33. The first-order valence-electron chi connectivity index (χ1n) is 7.46. The zero-order valence-corrected chi connectivity index (χ0v) is 12.9. The minimum atomic E-state index is -0.0932. The fourth-order valence-corrected chi connectivity index (χ4v) is 2.81. The number of aromatic amines is 1. The minimum absolute atomic E-state index is 0.0932. The second-order valence-corrected chi connectivity index (χ2v) is 5.68. The first-order valence-corrected chi connectivity index (χ1v) is 7.46. The summed E-state index contributed by atoms with van der Waals surface area (Å²) in [5.74, 6) is 0.770. The normalized spacial score (nSPS) is 18.3. The lowest BCUT2D eigenvalue weighted by molar-refractivity contribution is 0.0822. The van der Waals surface area contributed by atoms with E-state index in [1.807, 2.05) is 6.07 Å². The summed E-state index contributed by atoms with van der Waals surface area (Å²) in [6, 6.07) is 2.00. The number of aromatic nitrogens is 4. The van der Waals surface area contributed by atoms with E-state index in [0.29, 0.717) is 5.69 Å². The molecule has 1 fully saturated rings. The Hall–Kier alpha value is -2.44. The number of nitrogens with zero attached hydrogens (tertiary/aromatic N) is 5. The number of hydrogen-bond acceptors (Lipinski definition) is 5. The summed E-state index contributed by atoms with van der Waals surface area (Å²) in [7, 11) is 3.45. The number of H-pyrrole nitrogens is 1. The molecule has 2 aromatic heterocycles. The molecule has 1 aliphatic rings. The maximum Gasteiger partial charge on any atom is 0.273 e. The molecule has 0 aliphatic carbocycles. The standard InChI is InChI=1S/C15H20N6O/c1-20(2)15(22)12-9-11(18-19-12)13-5-3-4-8-21(13)14-10-16-6-7-17-14/h6-7,9-10,13H,3-5,8H2,1-2H3,(H,18,19)/t13-/m0/s1. The third-order valence-corrected chi connectivity index (χ3v) is 3.93. The number of carbonyl (C=O) groups excluding carboxylic acids is 1. The average molecular weight is 300 g/mol. The molecule has 0 spiro atoms. The second kappa shape index (κ2) is 6.13. The van der Waals surface area contributed by atoms with Gasteiger partial charge in [-0.05, 0) is 25.3 Å². The number of nitrogens with one attached hydrogen (secondary N) is 1. The van der Waals surface area contributed by atoms with Crippen LogP contribution in [0.2, 0.25) is 0 Å². The quantitative estimate of drug-likeness (QED) is 0.932. The summed E-state index contributed by atoms with van der Waals surface area (Å²) in [4.78, 5) is 24.3. The number of carbonyl (C=O) groups is 1. The van der Waals surface area contributed by atoms with E-state index in [-0.39, 0.29) is 11.9 Å². The highest BCUT2D eigenvalue weighted by molar-refractivity contribution is 5.92. The van der Waals surface area contributed by atoms with Gasteiger partial charge >= 0.3 is 0 Å². The van der Waals surface area contributed by atoms with Crippen LogP contribution in [0.4, 0.5) is 5.82 Å². The van der Waals surface area contributed by atoms with Crippen molar-refractivity contribution in [3.05, 3.63) is 36.0 Å². The monoisotopic (exact) mass is 300 g/mol. The molecule has 22 heavy (non-hydrogen) atoms. The average Bonchev–Trinajstić information content (AvgIpc) is 3.04. The van der Waals surface area contributed by atoms with E-state index >= 15 is 0 Å². The zero-order chi connectivity index (χ0) is 15.5. The van der Waals surface area contributed by atoms with Gasteiger partial charge in [-0.2, -0.15) is 5.10 Å². The van der Waals surface area contributed by atoms with Gasteiger partial charge in [-0.15, -0.1) is 0 Å². The van der Waals surface area contributed by atoms with Crippen molar-refractivity contribution in [1.82, 2.24) is 25.1 Å². The van der Waals surface area contributed by atoms with Crippen molar-refractivity contribution >= 4 is 11.7 Å². The lowest BCUT2D eigenvalue weighted by atomic mass is 9.99. The molecule has 2 aromatic rings. The van der Waals surface area contributed by atoms with Crippen LogP contribution in [0, 0.1) is 0 Å². The molecule has 1 saturated heterocycles. The van der Waals surface area contributed by atoms with Crippen molar-refractivity contribution in [3.63, 3.8) is 0 Å². The molecular formula is C15H20N6O. The molecule has 1 amide bonds. The van der Waals surface area contributed by atoms with Gasteiger partial charge < -0.3 is 9.80 Å². The van der Waals surface area contributed by atoms with Crippen LogP contribution in [0.15, 0.2) is 24.7 Å².